The second-order valence-corrected chi connectivity index (χ2v) is 5.11. The highest BCUT2D eigenvalue weighted by molar-refractivity contribution is 5.83. The standard InChI is InChI=1S/C16H18N4O/c1-11-6-7-17-16(19-11)20-13(10-21)8-12-9-18-15-5-3-2-4-14(12)15/h2-7,9,13,18,21H,8,10H2,1H3,(H,17,19,20)/t13-/m1/s1. The molecule has 0 fully saturated rings. The van der Waals surface area contributed by atoms with Crippen molar-refractivity contribution in [2.75, 3.05) is 11.9 Å². The first-order chi connectivity index (χ1) is 10.3. The van der Waals surface area contributed by atoms with Crippen molar-refractivity contribution in [1.82, 2.24) is 15.0 Å². The number of aryl methyl sites for hydroxylation is 1. The lowest BCUT2D eigenvalue weighted by molar-refractivity contribution is 0.273. The molecular weight excluding hydrogens is 264 g/mol. The number of nitrogens with one attached hydrogen (secondary N) is 2. The van der Waals surface area contributed by atoms with E-state index in [1.165, 1.54) is 10.9 Å². The molecule has 0 amide bonds. The summed E-state index contributed by atoms with van der Waals surface area (Å²) in [7, 11) is 0. The van der Waals surface area contributed by atoms with Gasteiger partial charge in [0.2, 0.25) is 5.95 Å². The highest BCUT2D eigenvalue weighted by Gasteiger charge is 2.12. The maximum absolute atomic E-state index is 9.60. The van der Waals surface area contributed by atoms with E-state index in [2.05, 4.69) is 26.3 Å². The molecule has 1 atom stereocenters. The second-order valence-electron chi connectivity index (χ2n) is 5.11. The average molecular weight is 282 g/mol. The molecule has 108 valence electrons. The topological polar surface area (TPSA) is 73.8 Å². The van der Waals surface area contributed by atoms with Crippen LogP contribution < -0.4 is 5.32 Å². The molecule has 3 N–H and O–H groups in total. The SMILES string of the molecule is Cc1ccnc(N[C@@H](CO)Cc2c[nH]c3ccccc23)n1. The molecule has 0 aliphatic rings. The Hall–Kier alpha value is -2.40. The van der Waals surface area contributed by atoms with Gasteiger partial charge < -0.3 is 15.4 Å². The summed E-state index contributed by atoms with van der Waals surface area (Å²) in [5.41, 5.74) is 3.18. The summed E-state index contributed by atoms with van der Waals surface area (Å²) in [5.74, 6) is 0.550. The molecule has 3 aromatic rings. The Morgan fingerprint density at radius 2 is 2.14 bits per heavy atom. The number of hydrogen-bond acceptors (Lipinski definition) is 4. The first kappa shape index (κ1) is 13.6. The summed E-state index contributed by atoms with van der Waals surface area (Å²) in [6.07, 6.45) is 4.41. The molecule has 0 aliphatic heterocycles. The van der Waals surface area contributed by atoms with Crippen LogP contribution in [0.4, 0.5) is 5.95 Å². The molecule has 2 heterocycles. The van der Waals surface area contributed by atoms with Gasteiger partial charge >= 0.3 is 0 Å². The maximum atomic E-state index is 9.60. The van der Waals surface area contributed by atoms with Crippen LogP contribution in [0.25, 0.3) is 10.9 Å². The Labute approximate surface area is 123 Å². The number of aromatic nitrogens is 3. The fraction of sp³-hybridized carbons (Fsp3) is 0.250. The number of benzene rings is 1. The number of anilines is 1. The molecule has 3 rings (SSSR count). The summed E-state index contributed by atoms with van der Waals surface area (Å²) in [6.45, 7) is 1.94. The molecule has 0 radical (unpaired) electrons. The van der Waals surface area contributed by atoms with Crippen molar-refractivity contribution in [2.45, 2.75) is 19.4 Å². The maximum Gasteiger partial charge on any atom is 0.223 e. The minimum absolute atomic E-state index is 0.0246. The van der Waals surface area contributed by atoms with Gasteiger partial charge in [-0.05, 0) is 31.0 Å². The van der Waals surface area contributed by atoms with E-state index in [1.54, 1.807) is 6.20 Å². The quantitative estimate of drug-likeness (QED) is 0.671. The Morgan fingerprint density at radius 1 is 1.29 bits per heavy atom. The summed E-state index contributed by atoms with van der Waals surface area (Å²) in [5, 5.41) is 14.0. The number of fused-ring (bicyclic) bond motifs is 1. The van der Waals surface area contributed by atoms with E-state index in [0.29, 0.717) is 12.4 Å². The number of hydrogen-bond donors (Lipinski definition) is 3. The van der Waals surface area contributed by atoms with Crippen LogP contribution in [0.1, 0.15) is 11.3 Å². The monoisotopic (exact) mass is 282 g/mol. The first-order valence-corrected chi connectivity index (χ1v) is 6.98. The third-order valence-corrected chi connectivity index (χ3v) is 3.49. The van der Waals surface area contributed by atoms with Gasteiger partial charge in [0.15, 0.2) is 0 Å². The highest BCUT2D eigenvalue weighted by Crippen LogP contribution is 2.19. The van der Waals surface area contributed by atoms with Crippen LogP contribution >= 0.6 is 0 Å². The lowest BCUT2D eigenvalue weighted by atomic mass is 10.1. The number of nitrogens with zero attached hydrogens (tertiary/aromatic N) is 2. The zero-order valence-electron chi connectivity index (χ0n) is 11.9. The Balaban J connectivity index is 1.78. The summed E-state index contributed by atoms with van der Waals surface area (Å²) in [4.78, 5) is 11.7. The van der Waals surface area contributed by atoms with Crippen molar-refractivity contribution in [3.05, 3.63) is 54.0 Å². The van der Waals surface area contributed by atoms with Gasteiger partial charge in [0, 0.05) is 29.0 Å². The molecule has 5 heteroatoms. The normalized spacial score (nSPS) is 12.5. The van der Waals surface area contributed by atoms with E-state index >= 15 is 0 Å². The predicted molar refractivity (Wildman–Crippen MR) is 83.3 cm³/mol. The Bertz CT molecular complexity index is 738. The lowest BCUT2D eigenvalue weighted by Gasteiger charge is -2.16. The average Bonchev–Trinajstić information content (AvgIpc) is 2.90. The zero-order chi connectivity index (χ0) is 14.7. The van der Waals surface area contributed by atoms with Crippen molar-refractivity contribution >= 4 is 16.9 Å². The second kappa shape index (κ2) is 5.93. The molecule has 0 spiro atoms. The van der Waals surface area contributed by atoms with E-state index < -0.39 is 0 Å². The number of aliphatic hydroxyl groups excluding tert-OH is 1. The summed E-state index contributed by atoms with van der Waals surface area (Å²) in [6, 6.07) is 9.88. The predicted octanol–water partition coefficient (Wildman–Crippen LogP) is 2.28. The van der Waals surface area contributed by atoms with Crippen molar-refractivity contribution < 1.29 is 5.11 Å². The molecule has 0 unspecified atom stereocenters. The number of aromatic amines is 1. The molecular formula is C16H18N4O. The van der Waals surface area contributed by atoms with Crippen molar-refractivity contribution in [3.63, 3.8) is 0 Å². The van der Waals surface area contributed by atoms with Gasteiger partial charge in [-0.2, -0.15) is 0 Å². The number of aliphatic hydroxyl groups is 1. The van der Waals surface area contributed by atoms with Gasteiger partial charge in [-0.3, -0.25) is 0 Å². The van der Waals surface area contributed by atoms with Gasteiger partial charge in [-0.1, -0.05) is 18.2 Å². The smallest absolute Gasteiger partial charge is 0.223 e. The molecule has 21 heavy (non-hydrogen) atoms. The molecule has 1 aromatic carbocycles. The Kier molecular flexibility index (Phi) is 3.83. The van der Waals surface area contributed by atoms with Crippen LogP contribution in [0.3, 0.4) is 0 Å². The summed E-state index contributed by atoms with van der Waals surface area (Å²) >= 11 is 0. The van der Waals surface area contributed by atoms with E-state index in [1.807, 2.05) is 37.4 Å². The third-order valence-electron chi connectivity index (χ3n) is 3.49. The van der Waals surface area contributed by atoms with Gasteiger partial charge in [0.1, 0.15) is 0 Å². The van der Waals surface area contributed by atoms with Crippen molar-refractivity contribution in [1.29, 1.82) is 0 Å². The molecule has 0 saturated carbocycles. The molecule has 5 nitrogen and oxygen atoms in total. The largest absolute Gasteiger partial charge is 0.394 e. The van der Waals surface area contributed by atoms with Gasteiger partial charge in [-0.15, -0.1) is 0 Å². The zero-order valence-corrected chi connectivity index (χ0v) is 11.9. The minimum Gasteiger partial charge on any atom is -0.394 e. The molecule has 0 saturated heterocycles. The van der Waals surface area contributed by atoms with Gasteiger partial charge in [0.25, 0.3) is 0 Å². The van der Waals surface area contributed by atoms with Crippen LogP contribution in [-0.4, -0.2) is 32.7 Å². The molecule has 0 aliphatic carbocycles. The van der Waals surface area contributed by atoms with Crippen LogP contribution in [-0.2, 0) is 6.42 Å². The number of para-hydroxylation sites is 1. The fourth-order valence-corrected chi connectivity index (χ4v) is 2.43. The fourth-order valence-electron chi connectivity index (χ4n) is 2.43. The minimum atomic E-state index is -0.119. The first-order valence-electron chi connectivity index (χ1n) is 6.98. The van der Waals surface area contributed by atoms with Gasteiger partial charge in [-0.25, -0.2) is 9.97 Å². The molecule has 2 aromatic heterocycles. The Morgan fingerprint density at radius 3 is 2.95 bits per heavy atom. The van der Waals surface area contributed by atoms with Crippen molar-refractivity contribution in [2.24, 2.45) is 0 Å². The van der Waals surface area contributed by atoms with Crippen LogP contribution in [0.2, 0.25) is 0 Å². The van der Waals surface area contributed by atoms with Crippen molar-refractivity contribution in [3.8, 4) is 0 Å². The van der Waals surface area contributed by atoms with E-state index in [-0.39, 0.29) is 12.6 Å². The van der Waals surface area contributed by atoms with Crippen LogP contribution in [0.5, 0.6) is 0 Å². The third kappa shape index (κ3) is 3.03. The molecule has 0 bridgehead atoms. The number of rotatable bonds is 5. The summed E-state index contributed by atoms with van der Waals surface area (Å²) < 4.78 is 0. The highest BCUT2D eigenvalue weighted by atomic mass is 16.3. The van der Waals surface area contributed by atoms with Crippen LogP contribution in [0, 0.1) is 6.92 Å². The van der Waals surface area contributed by atoms with E-state index in [4.69, 9.17) is 0 Å². The van der Waals surface area contributed by atoms with E-state index in [0.717, 1.165) is 11.2 Å². The van der Waals surface area contributed by atoms with E-state index in [9.17, 15) is 5.11 Å². The van der Waals surface area contributed by atoms with Crippen LogP contribution in [0.15, 0.2) is 42.7 Å². The number of H-pyrrole nitrogens is 1. The van der Waals surface area contributed by atoms with Gasteiger partial charge in [0.05, 0.1) is 12.6 Å². The lowest BCUT2D eigenvalue weighted by Crippen LogP contribution is -2.27.